The lowest BCUT2D eigenvalue weighted by Crippen LogP contribution is -2.42. The van der Waals surface area contributed by atoms with Gasteiger partial charge in [0.25, 0.3) is 5.56 Å². The quantitative estimate of drug-likeness (QED) is 0.576. The molecule has 10 nitrogen and oxygen atoms in total. The van der Waals surface area contributed by atoms with E-state index in [1.54, 1.807) is 31.3 Å². The van der Waals surface area contributed by atoms with Crippen molar-refractivity contribution in [1.82, 2.24) is 19.9 Å². The Morgan fingerprint density at radius 1 is 1.31 bits per heavy atom. The Bertz CT molecular complexity index is 1210. The molecule has 168 valence electrons. The Morgan fingerprint density at radius 2 is 2.12 bits per heavy atom. The van der Waals surface area contributed by atoms with Crippen LogP contribution >= 0.6 is 11.3 Å². The number of carbonyl (C=O) groups excluding carboxylic acids is 2. The number of fused-ring (bicyclic) bond motifs is 1. The van der Waals surface area contributed by atoms with Gasteiger partial charge in [0, 0.05) is 20.1 Å². The molecule has 0 saturated carbocycles. The van der Waals surface area contributed by atoms with Crippen LogP contribution in [-0.4, -0.2) is 53.6 Å². The first-order valence-corrected chi connectivity index (χ1v) is 11.1. The van der Waals surface area contributed by atoms with Crippen LogP contribution in [0.4, 0.5) is 10.8 Å². The number of nitrogens with one attached hydrogen (secondary N) is 2. The highest BCUT2D eigenvalue weighted by Gasteiger charge is 2.27. The minimum absolute atomic E-state index is 0.0114. The van der Waals surface area contributed by atoms with Gasteiger partial charge in [-0.25, -0.2) is 4.98 Å². The number of hydrogen-bond acceptors (Lipinski definition) is 8. The number of thiazole rings is 1. The molecule has 2 aromatic heterocycles. The summed E-state index contributed by atoms with van der Waals surface area (Å²) >= 11 is 1.24. The van der Waals surface area contributed by atoms with Crippen molar-refractivity contribution in [3.05, 3.63) is 40.9 Å². The molecule has 0 spiro atoms. The van der Waals surface area contributed by atoms with Gasteiger partial charge in [-0.1, -0.05) is 23.5 Å². The van der Waals surface area contributed by atoms with Crippen LogP contribution in [0.15, 0.2) is 35.4 Å². The first kappa shape index (κ1) is 21.8. The summed E-state index contributed by atoms with van der Waals surface area (Å²) in [6.45, 7) is 1.13. The van der Waals surface area contributed by atoms with Crippen LogP contribution < -0.4 is 25.8 Å². The van der Waals surface area contributed by atoms with Crippen LogP contribution in [0.2, 0.25) is 0 Å². The average molecular weight is 457 g/mol. The van der Waals surface area contributed by atoms with Crippen LogP contribution in [0.25, 0.3) is 10.3 Å². The molecule has 4 rings (SSSR count). The molecule has 3 heterocycles. The number of anilines is 2. The summed E-state index contributed by atoms with van der Waals surface area (Å²) in [5.41, 5.74) is 0.546. The Hall–Kier alpha value is -3.47. The van der Waals surface area contributed by atoms with Crippen molar-refractivity contribution in [3.63, 3.8) is 0 Å². The number of nitrogens with zero attached hydrogens (tertiary/aromatic N) is 4. The van der Waals surface area contributed by atoms with E-state index in [-0.39, 0.29) is 29.8 Å². The van der Waals surface area contributed by atoms with Crippen molar-refractivity contribution in [1.29, 1.82) is 0 Å². The molecule has 1 aromatic carbocycles. The van der Waals surface area contributed by atoms with Gasteiger partial charge in [0.1, 0.15) is 23.3 Å². The molecule has 1 fully saturated rings. The predicted octanol–water partition coefficient (Wildman–Crippen LogP) is 1.46. The third kappa shape index (κ3) is 4.42. The van der Waals surface area contributed by atoms with E-state index in [9.17, 15) is 14.4 Å². The summed E-state index contributed by atoms with van der Waals surface area (Å²) in [6, 6.07) is 7.05. The van der Waals surface area contributed by atoms with Crippen LogP contribution in [0.1, 0.15) is 12.8 Å². The van der Waals surface area contributed by atoms with Crippen LogP contribution in [0, 0.1) is 5.92 Å². The zero-order valence-electron chi connectivity index (χ0n) is 17.8. The molecular formula is C21H24N6O4S. The first-order valence-electron chi connectivity index (χ1n) is 10.3. The minimum Gasteiger partial charge on any atom is -0.495 e. The fourth-order valence-corrected chi connectivity index (χ4v) is 4.75. The average Bonchev–Trinajstić information content (AvgIpc) is 3.26. The summed E-state index contributed by atoms with van der Waals surface area (Å²) in [7, 11) is 3.16. The summed E-state index contributed by atoms with van der Waals surface area (Å²) in [4.78, 5) is 48.3. The molecule has 11 heteroatoms. The van der Waals surface area contributed by atoms with E-state index in [4.69, 9.17) is 4.74 Å². The topological polar surface area (TPSA) is 118 Å². The number of benzene rings is 1. The molecule has 2 N–H and O–H groups in total. The van der Waals surface area contributed by atoms with Crippen LogP contribution in [-0.2, 0) is 16.1 Å². The van der Waals surface area contributed by atoms with Crippen molar-refractivity contribution in [2.45, 2.75) is 19.4 Å². The molecule has 0 radical (unpaired) electrons. The molecule has 0 bridgehead atoms. The summed E-state index contributed by atoms with van der Waals surface area (Å²) in [6.07, 6.45) is 3.03. The number of methoxy groups -OCH3 is 1. The van der Waals surface area contributed by atoms with E-state index in [1.165, 1.54) is 29.3 Å². The maximum Gasteiger partial charge on any atom is 0.273 e. The molecule has 2 amide bonds. The van der Waals surface area contributed by atoms with E-state index in [0.29, 0.717) is 33.5 Å². The van der Waals surface area contributed by atoms with Gasteiger partial charge in [0.2, 0.25) is 11.8 Å². The highest BCUT2D eigenvalue weighted by Crippen LogP contribution is 2.29. The number of aromatic nitrogens is 3. The third-order valence-electron chi connectivity index (χ3n) is 5.38. The van der Waals surface area contributed by atoms with Gasteiger partial charge in [-0.2, -0.15) is 4.98 Å². The second-order valence-electron chi connectivity index (χ2n) is 7.47. The van der Waals surface area contributed by atoms with Gasteiger partial charge in [0.05, 0.1) is 18.7 Å². The van der Waals surface area contributed by atoms with Crippen molar-refractivity contribution in [2.24, 2.45) is 5.92 Å². The zero-order valence-corrected chi connectivity index (χ0v) is 18.6. The van der Waals surface area contributed by atoms with Crippen LogP contribution in [0.3, 0.4) is 0 Å². The third-order valence-corrected chi connectivity index (χ3v) is 6.47. The molecule has 1 saturated heterocycles. The lowest BCUT2D eigenvalue weighted by molar-refractivity contribution is -0.124. The fraction of sp³-hybridized carbons (Fsp3) is 0.381. The van der Waals surface area contributed by atoms with Gasteiger partial charge in [0.15, 0.2) is 10.8 Å². The van der Waals surface area contributed by atoms with E-state index in [0.717, 1.165) is 19.4 Å². The maximum atomic E-state index is 13.0. The Kier molecular flexibility index (Phi) is 6.35. The van der Waals surface area contributed by atoms with Gasteiger partial charge in [-0.15, -0.1) is 0 Å². The first-order chi connectivity index (χ1) is 15.5. The Labute approximate surface area is 188 Å². The van der Waals surface area contributed by atoms with Crippen LogP contribution in [0.5, 0.6) is 5.75 Å². The standard InChI is InChI=1S/C21H24N6O4S/c1-22-19(29)13-6-5-9-26(10-13)21-25-18-17(32-21)20(30)27(12-23-18)11-16(28)24-14-7-3-4-8-15(14)31-2/h3-4,7-8,12-13H,5-6,9-11H2,1-2H3,(H,22,29)(H,24,28)/t13-/m0/s1. The smallest absolute Gasteiger partial charge is 0.273 e. The SMILES string of the molecule is CNC(=O)[C@H]1CCCN(c2nc3ncn(CC(=O)Nc4ccccc4OC)c(=O)c3s2)C1. The number of rotatable bonds is 6. The molecule has 1 atom stereocenters. The van der Waals surface area contributed by atoms with Gasteiger partial charge in [-0.3, -0.25) is 19.0 Å². The molecular weight excluding hydrogens is 432 g/mol. The second-order valence-corrected chi connectivity index (χ2v) is 8.45. The maximum absolute atomic E-state index is 13.0. The van der Waals surface area contributed by atoms with Gasteiger partial charge in [-0.05, 0) is 25.0 Å². The van der Waals surface area contributed by atoms with Gasteiger partial charge >= 0.3 is 0 Å². The number of hydrogen-bond donors (Lipinski definition) is 2. The summed E-state index contributed by atoms with van der Waals surface area (Å²) < 4.78 is 6.88. The Morgan fingerprint density at radius 3 is 2.91 bits per heavy atom. The minimum atomic E-state index is -0.369. The number of amides is 2. The predicted molar refractivity (Wildman–Crippen MR) is 122 cm³/mol. The molecule has 1 aliphatic rings. The molecule has 3 aromatic rings. The van der Waals surface area contributed by atoms with E-state index >= 15 is 0 Å². The normalized spacial score (nSPS) is 16.1. The second kappa shape index (κ2) is 9.35. The summed E-state index contributed by atoms with van der Waals surface area (Å²) in [5, 5.41) is 6.11. The van der Waals surface area contributed by atoms with E-state index < -0.39 is 0 Å². The fourth-order valence-electron chi connectivity index (χ4n) is 3.74. The zero-order chi connectivity index (χ0) is 22.7. The monoisotopic (exact) mass is 456 g/mol. The molecule has 32 heavy (non-hydrogen) atoms. The van der Waals surface area contributed by atoms with E-state index in [1.807, 2.05) is 4.90 Å². The van der Waals surface area contributed by atoms with Crippen molar-refractivity contribution in [3.8, 4) is 5.75 Å². The van der Waals surface area contributed by atoms with Crippen molar-refractivity contribution >= 4 is 44.3 Å². The highest BCUT2D eigenvalue weighted by atomic mass is 32.1. The molecule has 0 aliphatic carbocycles. The van der Waals surface area contributed by atoms with Gasteiger partial charge < -0.3 is 20.3 Å². The highest BCUT2D eigenvalue weighted by molar-refractivity contribution is 7.22. The molecule has 0 unspecified atom stereocenters. The number of piperidine rings is 1. The van der Waals surface area contributed by atoms with Crippen molar-refractivity contribution in [2.75, 3.05) is 37.5 Å². The number of para-hydroxylation sites is 2. The Balaban J connectivity index is 1.52. The lowest BCUT2D eigenvalue weighted by Gasteiger charge is -2.31. The molecule has 1 aliphatic heterocycles. The number of ether oxygens (including phenoxy) is 1. The lowest BCUT2D eigenvalue weighted by atomic mass is 9.98. The number of carbonyl (C=O) groups is 2. The van der Waals surface area contributed by atoms with E-state index in [2.05, 4.69) is 20.6 Å². The largest absolute Gasteiger partial charge is 0.495 e. The summed E-state index contributed by atoms with van der Waals surface area (Å²) in [5.74, 6) is 0.0683. The van der Waals surface area contributed by atoms with Crippen molar-refractivity contribution < 1.29 is 14.3 Å².